The molecule has 0 bridgehead atoms. The van der Waals surface area contributed by atoms with E-state index in [9.17, 15) is 19.5 Å². The normalized spacial score (nSPS) is 24.0. The molecule has 3 aromatic rings. The van der Waals surface area contributed by atoms with Gasteiger partial charge in [-0.3, -0.25) is 9.69 Å². The fourth-order valence-electron chi connectivity index (χ4n) is 6.46. The summed E-state index contributed by atoms with van der Waals surface area (Å²) in [6.07, 6.45) is 3.92. The van der Waals surface area contributed by atoms with E-state index in [1.807, 2.05) is 65.6 Å². The number of esters is 1. The second-order valence-corrected chi connectivity index (χ2v) is 11.0. The van der Waals surface area contributed by atoms with Gasteiger partial charge < -0.3 is 9.84 Å². The van der Waals surface area contributed by atoms with Crippen LogP contribution in [0.4, 0.5) is 0 Å². The third-order valence-electron chi connectivity index (χ3n) is 8.51. The van der Waals surface area contributed by atoms with Crippen molar-refractivity contribution < 1.29 is 14.6 Å². The largest absolute Gasteiger partial charge is 0.468 e. The molecular weight excluding hydrogens is 496 g/mol. The second kappa shape index (κ2) is 10.1. The summed E-state index contributed by atoms with van der Waals surface area (Å²) < 4.78 is 9.56. The van der Waals surface area contributed by atoms with E-state index in [2.05, 4.69) is 6.08 Å². The van der Waals surface area contributed by atoms with E-state index in [0.29, 0.717) is 25.3 Å². The van der Waals surface area contributed by atoms with Gasteiger partial charge >= 0.3 is 17.3 Å². The number of aliphatic hydroxyl groups excluding tert-OH is 1. The highest BCUT2D eigenvalue weighted by atomic mass is 16.5. The average molecular weight is 531 g/mol. The number of allylic oxidation sites excluding steroid dienone is 1. The number of rotatable bonds is 8. The number of methoxy groups -OCH3 is 1. The van der Waals surface area contributed by atoms with Crippen molar-refractivity contribution in [3.8, 4) is 0 Å². The molecule has 5 atom stereocenters. The Bertz CT molecular complexity index is 1500. The van der Waals surface area contributed by atoms with E-state index in [0.717, 1.165) is 34.1 Å². The predicted molar refractivity (Wildman–Crippen MR) is 145 cm³/mol. The fraction of sp³-hybridized carbons (Fsp3) is 0.433. The Labute approximate surface area is 226 Å². The third kappa shape index (κ3) is 4.49. The number of nitrogens with zero attached hydrogens (tertiary/aromatic N) is 4. The lowest BCUT2D eigenvalue weighted by atomic mass is 9.92. The monoisotopic (exact) mass is 530 g/mol. The first kappa shape index (κ1) is 25.6. The zero-order valence-electron chi connectivity index (χ0n) is 22.2. The second-order valence-electron chi connectivity index (χ2n) is 11.0. The number of ether oxygens (including phenoxy) is 1. The first-order chi connectivity index (χ1) is 18.9. The number of hydrogen-bond donors (Lipinski definition) is 1. The van der Waals surface area contributed by atoms with E-state index >= 15 is 0 Å². The van der Waals surface area contributed by atoms with Crippen LogP contribution in [0.25, 0.3) is 0 Å². The molecule has 2 fully saturated rings. The van der Waals surface area contributed by atoms with Crippen LogP contribution in [0.15, 0.2) is 81.9 Å². The van der Waals surface area contributed by atoms with Crippen molar-refractivity contribution in [3.63, 3.8) is 0 Å². The molecule has 0 radical (unpaired) electrons. The number of carbonyl (C=O) groups excluding carboxylic acids is 1. The molecule has 1 aromatic heterocycles. The van der Waals surface area contributed by atoms with Crippen LogP contribution in [0.3, 0.4) is 0 Å². The maximum atomic E-state index is 13.5. The first-order valence-corrected chi connectivity index (χ1v) is 13.6. The van der Waals surface area contributed by atoms with Gasteiger partial charge in [-0.25, -0.2) is 23.5 Å². The highest BCUT2D eigenvalue weighted by Crippen LogP contribution is 2.47. The number of hydrogen-bond acceptors (Lipinski definition) is 6. The Morgan fingerprint density at radius 2 is 1.54 bits per heavy atom. The number of likely N-dealkylation sites (tertiary alicyclic amines) is 1. The van der Waals surface area contributed by atoms with Crippen molar-refractivity contribution in [1.29, 1.82) is 0 Å². The molecule has 204 valence electrons. The minimum Gasteiger partial charge on any atom is -0.468 e. The van der Waals surface area contributed by atoms with Gasteiger partial charge in [0.25, 0.3) is 0 Å². The van der Waals surface area contributed by atoms with Gasteiger partial charge in [-0.2, -0.15) is 0 Å². The van der Waals surface area contributed by atoms with Crippen LogP contribution in [0.5, 0.6) is 0 Å². The Balaban J connectivity index is 1.48. The standard InChI is InChI=1S/C30H34N4O5/c1-31-29(37)33-23(21-13-14-21)17-22-18-32(24(28(36)39-2)15-19-9-5-3-6-10-19)27(26(22)34(33)30(31)38)25(35)16-20-11-7-4-8-12-20/h3-12,17,21,23-27,35H,13-16,18H2,1-2H3/t23-,24+,25-,26+,27-/m1/s1. The SMILES string of the molecule is COC(=O)[C@H](Cc1ccccc1)N1CC2=C[C@H](C3CC3)n3c(=O)n(C)c(=O)n3[C@@H]2[C@H]1[C@H](O)Cc1ccccc1. The minimum atomic E-state index is -0.917. The quantitative estimate of drug-likeness (QED) is 0.353. The van der Waals surface area contributed by atoms with Crippen LogP contribution < -0.4 is 11.4 Å². The lowest BCUT2D eigenvalue weighted by Crippen LogP contribution is -2.54. The molecular formula is C30H34N4O5. The first-order valence-electron chi connectivity index (χ1n) is 13.6. The Morgan fingerprint density at radius 1 is 0.949 bits per heavy atom. The number of carbonyl (C=O) groups is 1. The molecule has 1 N–H and O–H groups in total. The molecule has 0 spiro atoms. The maximum Gasteiger partial charge on any atom is 0.347 e. The van der Waals surface area contributed by atoms with Crippen LogP contribution >= 0.6 is 0 Å². The molecule has 39 heavy (non-hydrogen) atoms. The molecule has 0 amide bonds. The van der Waals surface area contributed by atoms with Gasteiger partial charge in [0.05, 0.1) is 31.3 Å². The van der Waals surface area contributed by atoms with Gasteiger partial charge in [0, 0.05) is 13.6 Å². The van der Waals surface area contributed by atoms with Crippen LogP contribution in [-0.4, -0.2) is 61.7 Å². The van der Waals surface area contributed by atoms with Gasteiger partial charge in [-0.05, 0) is 48.3 Å². The van der Waals surface area contributed by atoms with Crippen LogP contribution in [-0.2, 0) is 29.4 Å². The Hall–Kier alpha value is -3.69. The zero-order valence-corrected chi connectivity index (χ0v) is 22.2. The molecule has 9 nitrogen and oxygen atoms in total. The number of aromatic nitrogens is 3. The van der Waals surface area contributed by atoms with Gasteiger partial charge in [0.15, 0.2) is 0 Å². The number of benzene rings is 2. The summed E-state index contributed by atoms with van der Waals surface area (Å²) in [5, 5.41) is 11.8. The van der Waals surface area contributed by atoms with Crippen molar-refractivity contribution in [1.82, 2.24) is 18.8 Å². The lowest BCUT2D eigenvalue weighted by molar-refractivity contribution is -0.148. The summed E-state index contributed by atoms with van der Waals surface area (Å²) in [6.45, 7) is 0.395. The van der Waals surface area contributed by atoms with E-state index in [4.69, 9.17) is 4.74 Å². The van der Waals surface area contributed by atoms with E-state index in [1.165, 1.54) is 14.2 Å². The molecule has 3 aliphatic rings. The smallest absolute Gasteiger partial charge is 0.347 e. The van der Waals surface area contributed by atoms with E-state index in [-0.39, 0.29) is 11.7 Å². The molecule has 2 aliphatic heterocycles. The molecule has 6 rings (SSSR count). The summed E-state index contributed by atoms with van der Waals surface area (Å²) in [7, 11) is 2.88. The molecule has 1 aliphatic carbocycles. The highest BCUT2D eigenvalue weighted by molar-refractivity contribution is 5.76. The molecule has 9 heteroatoms. The molecule has 0 unspecified atom stereocenters. The third-order valence-corrected chi connectivity index (χ3v) is 8.51. The molecule has 3 heterocycles. The summed E-state index contributed by atoms with van der Waals surface area (Å²) in [5.74, 6) is -0.0989. The minimum absolute atomic E-state index is 0.213. The summed E-state index contributed by atoms with van der Waals surface area (Å²) >= 11 is 0. The van der Waals surface area contributed by atoms with Gasteiger partial charge in [-0.1, -0.05) is 66.7 Å². The summed E-state index contributed by atoms with van der Waals surface area (Å²) in [4.78, 5) is 42.1. The topological polar surface area (TPSA) is 98.7 Å². The fourth-order valence-corrected chi connectivity index (χ4v) is 6.46. The van der Waals surface area contributed by atoms with Crippen molar-refractivity contribution >= 4 is 5.97 Å². The van der Waals surface area contributed by atoms with Crippen LogP contribution in [0.1, 0.15) is 36.1 Å². The lowest BCUT2D eigenvalue weighted by Gasteiger charge is -2.37. The van der Waals surface area contributed by atoms with Crippen molar-refractivity contribution in [2.45, 2.75) is 56.0 Å². The zero-order chi connectivity index (χ0) is 27.3. The molecule has 1 saturated heterocycles. The average Bonchev–Trinajstić information content (AvgIpc) is 3.70. The Morgan fingerprint density at radius 3 is 2.13 bits per heavy atom. The van der Waals surface area contributed by atoms with Crippen molar-refractivity contribution in [3.05, 3.63) is 104 Å². The molecule has 2 aromatic carbocycles. The number of fused-ring (bicyclic) bond motifs is 3. The van der Waals surface area contributed by atoms with Crippen LogP contribution in [0.2, 0.25) is 0 Å². The van der Waals surface area contributed by atoms with Crippen LogP contribution in [0, 0.1) is 5.92 Å². The maximum absolute atomic E-state index is 13.5. The van der Waals surface area contributed by atoms with Gasteiger partial charge in [0.1, 0.15) is 6.04 Å². The highest BCUT2D eigenvalue weighted by Gasteiger charge is 2.52. The van der Waals surface area contributed by atoms with Gasteiger partial charge in [-0.15, -0.1) is 0 Å². The van der Waals surface area contributed by atoms with Gasteiger partial charge in [0.2, 0.25) is 0 Å². The van der Waals surface area contributed by atoms with E-state index < -0.39 is 35.9 Å². The summed E-state index contributed by atoms with van der Waals surface area (Å²) in [6, 6.07) is 17.3. The van der Waals surface area contributed by atoms with Crippen molar-refractivity contribution in [2.75, 3.05) is 13.7 Å². The summed E-state index contributed by atoms with van der Waals surface area (Å²) in [5.41, 5.74) is 2.12. The van der Waals surface area contributed by atoms with Crippen molar-refractivity contribution in [2.24, 2.45) is 13.0 Å². The molecule has 1 saturated carbocycles. The Kier molecular flexibility index (Phi) is 6.64. The number of aliphatic hydroxyl groups is 1. The van der Waals surface area contributed by atoms with E-state index in [1.54, 1.807) is 9.36 Å². The predicted octanol–water partition coefficient (Wildman–Crippen LogP) is 1.85.